The number of tetrazole rings is 1. The topological polar surface area (TPSA) is 132 Å². The number of carbonyl (C=O) groups excluding carboxylic acids is 1. The fourth-order valence-corrected chi connectivity index (χ4v) is 1.80. The zero-order valence-corrected chi connectivity index (χ0v) is 12.6. The molecule has 0 spiro atoms. The normalized spacial score (nSPS) is 13.1. The van der Waals surface area contributed by atoms with Crippen LogP contribution in [-0.4, -0.2) is 36.3 Å². The van der Waals surface area contributed by atoms with Gasteiger partial charge in [-0.1, -0.05) is 23.3 Å². The monoisotopic (exact) mass is 325 g/mol. The average Bonchev–Trinajstić information content (AvgIpc) is 3.12. The van der Waals surface area contributed by atoms with Gasteiger partial charge in [0.2, 0.25) is 5.91 Å². The molecule has 1 unspecified atom stereocenters. The third kappa shape index (κ3) is 4.56. The van der Waals surface area contributed by atoms with Crippen molar-refractivity contribution in [3.8, 4) is 0 Å². The van der Waals surface area contributed by atoms with E-state index < -0.39 is 11.6 Å². The molecule has 0 fully saturated rings. The van der Waals surface area contributed by atoms with Crippen LogP contribution in [0.2, 0.25) is 0 Å². The van der Waals surface area contributed by atoms with Gasteiger partial charge in [-0.05, 0) is 25.0 Å². The van der Waals surface area contributed by atoms with Gasteiger partial charge in [-0.3, -0.25) is 19.2 Å². The van der Waals surface area contributed by atoms with Gasteiger partial charge in [0.25, 0.3) is 5.95 Å². The maximum absolute atomic E-state index is 13.8. The van der Waals surface area contributed by atoms with E-state index in [1.807, 2.05) is 0 Å². The Morgan fingerprint density at radius 2 is 2.35 bits per heavy atom. The number of nitrogens with one attached hydrogen (secondary N) is 2. The van der Waals surface area contributed by atoms with E-state index >= 15 is 0 Å². The zero-order valence-electron chi connectivity index (χ0n) is 12.6. The number of nitrogens with zero attached hydrogens (tertiary/aromatic N) is 5. The lowest BCUT2D eigenvalue weighted by molar-refractivity contribution is -0.119. The van der Waals surface area contributed by atoms with E-state index in [-0.39, 0.29) is 24.3 Å². The summed E-state index contributed by atoms with van der Waals surface area (Å²) in [7, 11) is 0. The number of aryl methyl sites for hydroxylation is 1. The Morgan fingerprint density at radius 1 is 1.57 bits per heavy atom. The number of amides is 1. The SMILES string of the molecule is Cc1noc(=O)n1CC(F)=CCCC(C)C(=O)Nc1nn[nH]n1. The second-order valence-electron chi connectivity index (χ2n) is 4.94. The largest absolute Gasteiger partial charge is 0.441 e. The summed E-state index contributed by atoms with van der Waals surface area (Å²) >= 11 is 0. The van der Waals surface area contributed by atoms with Gasteiger partial charge in [0.05, 0.1) is 6.54 Å². The van der Waals surface area contributed by atoms with Crippen LogP contribution in [0.1, 0.15) is 25.6 Å². The molecular formula is C12H16FN7O3. The molecule has 2 N–H and O–H groups in total. The van der Waals surface area contributed by atoms with Crippen LogP contribution >= 0.6 is 0 Å². The predicted molar refractivity (Wildman–Crippen MR) is 75.9 cm³/mol. The Morgan fingerprint density at radius 3 is 2.96 bits per heavy atom. The number of anilines is 1. The summed E-state index contributed by atoms with van der Waals surface area (Å²) in [5.74, 6) is -1.47. The predicted octanol–water partition coefficient (Wildman–Crippen LogP) is 0.566. The van der Waals surface area contributed by atoms with Gasteiger partial charge in [-0.25, -0.2) is 9.18 Å². The highest BCUT2D eigenvalue weighted by Gasteiger charge is 2.14. The summed E-state index contributed by atoms with van der Waals surface area (Å²) in [4.78, 5) is 23.1. The number of carbonyl (C=O) groups is 1. The quantitative estimate of drug-likeness (QED) is 0.760. The summed E-state index contributed by atoms with van der Waals surface area (Å²) in [6.45, 7) is 3.01. The van der Waals surface area contributed by atoms with Crippen molar-refractivity contribution in [1.29, 1.82) is 0 Å². The maximum Gasteiger partial charge on any atom is 0.441 e. The van der Waals surface area contributed by atoms with Crippen molar-refractivity contribution in [3.63, 3.8) is 0 Å². The Kier molecular flexibility index (Phi) is 5.33. The van der Waals surface area contributed by atoms with Crippen LogP contribution in [0.15, 0.2) is 21.2 Å². The molecule has 124 valence electrons. The fourth-order valence-electron chi connectivity index (χ4n) is 1.80. The van der Waals surface area contributed by atoms with Crippen LogP contribution in [0.4, 0.5) is 10.3 Å². The van der Waals surface area contributed by atoms with E-state index in [9.17, 15) is 14.0 Å². The van der Waals surface area contributed by atoms with E-state index in [1.165, 1.54) is 6.08 Å². The second-order valence-corrected chi connectivity index (χ2v) is 4.94. The van der Waals surface area contributed by atoms with Gasteiger partial charge >= 0.3 is 5.76 Å². The van der Waals surface area contributed by atoms with Gasteiger partial charge in [0.1, 0.15) is 5.83 Å². The standard InChI is InChI=1S/C12H16FN7O3/c1-7(10(21)14-11-15-18-19-16-11)4-3-5-9(13)6-20-8(2)17-23-12(20)22/h5,7H,3-4,6H2,1-2H3,(H2,14,15,16,18,19,21). The highest BCUT2D eigenvalue weighted by Crippen LogP contribution is 2.11. The number of hydrogen-bond acceptors (Lipinski definition) is 7. The molecule has 0 radical (unpaired) electrons. The Bertz CT molecular complexity index is 734. The molecule has 1 atom stereocenters. The highest BCUT2D eigenvalue weighted by atomic mass is 19.1. The van der Waals surface area contributed by atoms with Crippen LogP contribution < -0.4 is 11.1 Å². The molecule has 10 nitrogen and oxygen atoms in total. The van der Waals surface area contributed by atoms with Crippen LogP contribution in [0.25, 0.3) is 0 Å². The number of H-pyrrole nitrogens is 1. The van der Waals surface area contributed by atoms with Crippen LogP contribution in [0, 0.1) is 12.8 Å². The molecule has 23 heavy (non-hydrogen) atoms. The van der Waals surface area contributed by atoms with Crippen LogP contribution in [0.3, 0.4) is 0 Å². The minimum Gasteiger partial charge on any atom is -0.296 e. The maximum atomic E-state index is 13.8. The van der Waals surface area contributed by atoms with Crippen LogP contribution in [0.5, 0.6) is 0 Å². The molecule has 0 saturated carbocycles. The van der Waals surface area contributed by atoms with E-state index in [0.29, 0.717) is 18.7 Å². The molecular weight excluding hydrogens is 309 g/mol. The minimum atomic E-state index is -0.709. The first-order valence-electron chi connectivity index (χ1n) is 6.89. The molecule has 0 aliphatic rings. The van der Waals surface area contributed by atoms with Gasteiger partial charge < -0.3 is 0 Å². The van der Waals surface area contributed by atoms with Crippen molar-refractivity contribution in [2.45, 2.75) is 33.2 Å². The molecule has 0 saturated heterocycles. The Hall–Kier alpha value is -2.85. The first-order chi connectivity index (χ1) is 11.0. The second kappa shape index (κ2) is 7.42. The van der Waals surface area contributed by atoms with E-state index in [1.54, 1.807) is 13.8 Å². The molecule has 0 aliphatic heterocycles. The Balaban J connectivity index is 1.80. The number of allylic oxidation sites excluding steroid dienone is 2. The number of aromatic amines is 1. The lowest BCUT2D eigenvalue weighted by Crippen LogP contribution is -2.21. The number of aromatic nitrogens is 6. The third-order valence-corrected chi connectivity index (χ3v) is 3.17. The summed E-state index contributed by atoms with van der Waals surface area (Å²) in [5, 5.41) is 18.7. The summed E-state index contributed by atoms with van der Waals surface area (Å²) in [6, 6.07) is 0. The lowest BCUT2D eigenvalue weighted by Gasteiger charge is -2.08. The van der Waals surface area contributed by atoms with Gasteiger partial charge in [-0.15, -0.1) is 5.10 Å². The first-order valence-corrected chi connectivity index (χ1v) is 6.89. The molecule has 0 bridgehead atoms. The average molecular weight is 325 g/mol. The lowest BCUT2D eigenvalue weighted by atomic mass is 10.0. The van der Waals surface area contributed by atoms with Crippen molar-refractivity contribution >= 4 is 11.9 Å². The first kappa shape index (κ1) is 16.5. The summed E-state index contributed by atoms with van der Waals surface area (Å²) in [5.41, 5.74) is 0. The van der Waals surface area contributed by atoms with Gasteiger partial charge in [0.15, 0.2) is 5.82 Å². The number of rotatable bonds is 7. The molecule has 2 aromatic heterocycles. The molecule has 11 heteroatoms. The molecule has 1 amide bonds. The van der Waals surface area contributed by atoms with E-state index in [0.717, 1.165) is 4.57 Å². The van der Waals surface area contributed by atoms with Crippen molar-refractivity contribution in [2.24, 2.45) is 5.92 Å². The molecule has 2 aromatic rings. The summed E-state index contributed by atoms with van der Waals surface area (Å²) < 4.78 is 19.3. The zero-order chi connectivity index (χ0) is 16.8. The summed E-state index contributed by atoms with van der Waals surface area (Å²) in [6.07, 6.45) is 2.09. The highest BCUT2D eigenvalue weighted by molar-refractivity contribution is 5.90. The Labute approximate surface area is 129 Å². The van der Waals surface area contributed by atoms with Crippen molar-refractivity contribution in [2.75, 3.05) is 5.32 Å². The molecule has 2 rings (SSSR count). The van der Waals surface area contributed by atoms with Crippen LogP contribution in [-0.2, 0) is 11.3 Å². The molecule has 0 aliphatic carbocycles. The van der Waals surface area contributed by atoms with Crippen molar-refractivity contribution < 1.29 is 13.7 Å². The smallest absolute Gasteiger partial charge is 0.296 e. The van der Waals surface area contributed by atoms with E-state index in [2.05, 4.69) is 35.6 Å². The number of halogens is 1. The molecule has 2 heterocycles. The third-order valence-electron chi connectivity index (χ3n) is 3.17. The van der Waals surface area contributed by atoms with Gasteiger partial charge in [-0.2, -0.15) is 5.21 Å². The van der Waals surface area contributed by atoms with Crippen molar-refractivity contribution in [1.82, 2.24) is 30.3 Å². The minimum absolute atomic E-state index is 0.0888. The fraction of sp³-hybridized carbons (Fsp3) is 0.500. The number of hydrogen-bond donors (Lipinski definition) is 2. The van der Waals surface area contributed by atoms with E-state index in [4.69, 9.17) is 0 Å². The molecule has 0 aromatic carbocycles. The van der Waals surface area contributed by atoms with Crippen molar-refractivity contribution in [3.05, 3.63) is 28.3 Å². The van der Waals surface area contributed by atoms with Gasteiger partial charge in [0, 0.05) is 5.92 Å².